The van der Waals surface area contributed by atoms with Crippen LogP contribution in [0.5, 0.6) is 0 Å². The van der Waals surface area contributed by atoms with Crippen LogP contribution >= 0.6 is 0 Å². The van der Waals surface area contributed by atoms with Gasteiger partial charge in [-0.15, -0.1) is 0 Å². The number of hydrogen-bond donors (Lipinski definition) is 1. The van der Waals surface area contributed by atoms with Crippen molar-refractivity contribution in [1.82, 2.24) is 0 Å². The number of benzene rings is 1. The summed E-state index contributed by atoms with van der Waals surface area (Å²) in [6.45, 7) is 5.03. The van der Waals surface area contributed by atoms with Crippen LogP contribution in [0.15, 0.2) is 48.8 Å². The third-order valence-electron chi connectivity index (χ3n) is 4.28. The summed E-state index contributed by atoms with van der Waals surface area (Å²) in [5.74, 6) is 0.0481. The number of rotatable bonds is 5. The maximum atomic E-state index is 12.1. The van der Waals surface area contributed by atoms with Gasteiger partial charge in [0.25, 0.3) is 0 Å². The number of nitrogens with one attached hydrogen (secondary N) is 1. The molecule has 0 bridgehead atoms. The number of pyridine rings is 1. The highest BCUT2D eigenvalue weighted by atomic mass is 16.1. The molecule has 0 radical (unpaired) electrons. The van der Waals surface area contributed by atoms with E-state index in [-0.39, 0.29) is 5.91 Å². The van der Waals surface area contributed by atoms with Crippen molar-refractivity contribution in [3.05, 3.63) is 54.4 Å². The minimum absolute atomic E-state index is 0.0481. The molecule has 4 nitrogen and oxygen atoms in total. The SMILES string of the molecule is Cc1cc[n+](CCC(=O)Nc2ccc(N3CCCC3)cc2)cc1. The Hall–Kier alpha value is -2.36. The second-order valence-corrected chi connectivity index (χ2v) is 6.15. The van der Waals surface area contributed by atoms with Gasteiger partial charge in [0.2, 0.25) is 5.91 Å². The number of carbonyl (C=O) groups is 1. The van der Waals surface area contributed by atoms with Crippen molar-refractivity contribution < 1.29 is 9.36 Å². The third kappa shape index (κ3) is 4.31. The van der Waals surface area contributed by atoms with Gasteiger partial charge >= 0.3 is 0 Å². The standard InChI is InChI=1S/C19H23N3O/c1-16-8-13-21(14-9-16)15-10-19(23)20-17-4-6-18(7-5-17)22-11-2-3-12-22/h4-9,13-14H,2-3,10-12,15H2,1H3/p+1. The minimum Gasteiger partial charge on any atom is -0.372 e. The van der Waals surface area contributed by atoms with E-state index in [1.54, 1.807) is 0 Å². The van der Waals surface area contributed by atoms with E-state index in [4.69, 9.17) is 0 Å². The number of anilines is 2. The molecule has 0 unspecified atom stereocenters. The fourth-order valence-corrected chi connectivity index (χ4v) is 2.87. The molecule has 23 heavy (non-hydrogen) atoms. The van der Waals surface area contributed by atoms with Crippen molar-refractivity contribution in [3.63, 3.8) is 0 Å². The van der Waals surface area contributed by atoms with Crippen LogP contribution in [-0.2, 0) is 11.3 Å². The summed E-state index contributed by atoms with van der Waals surface area (Å²) in [7, 11) is 0. The molecule has 1 N–H and O–H groups in total. The average molecular weight is 310 g/mol. The molecule has 120 valence electrons. The molecule has 1 amide bonds. The summed E-state index contributed by atoms with van der Waals surface area (Å²) in [5.41, 5.74) is 3.34. The second-order valence-electron chi connectivity index (χ2n) is 6.15. The van der Waals surface area contributed by atoms with Crippen LogP contribution in [0.2, 0.25) is 0 Å². The Morgan fingerprint density at radius 3 is 2.39 bits per heavy atom. The Bertz CT molecular complexity index is 643. The summed E-state index contributed by atoms with van der Waals surface area (Å²) in [6, 6.07) is 12.3. The Kier molecular flexibility index (Phi) is 4.91. The topological polar surface area (TPSA) is 36.2 Å². The molecule has 1 aromatic heterocycles. The van der Waals surface area contributed by atoms with Crippen LogP contribution in [0.3, 0.4) is 0 Å². The van der Waals surface area contributed by atoms with Crippen molar-refractivity contribution in [3.8, 4) is 0 Å². The van der Waals surface area contributed by atoms with Crippen molar-refractivity contribution in [2.75, 3.05) is 23.3 Å². The van der Waals surface area contributed by atoms with Gasteiger partial charge in [-0.2, -0.15) is 0 Å². The number of nitrogens with zero attached hydrogens (tertiary/aromatic N) is 2. The van der Waals surface area contributed by atoms with Gasteiger partial charge in [0.15, 0.2) is 18.9 Å². The number of aryl methyl sites for hydroxylation is 2. The number of hydrogen-bond acceptors (Lipinski definition) is 2. The van der Waals surface area contributed by atoms with Crippen LogP contribution in [-0.4, -0.2) is 19.0 Å². The van der Waals surface area contributed by atoms with E-state index in [0.717, 1.165) is 18.8 Å². The normalized spacial score (nSPS) is 14.0. The third-order valence-corrected chi connectivity index (χ3v) is 4.28. The van der Waals surface area contributed by atoms with Gasteiger partial charge in [0.05, 0.1) is 6.42 Å². The predicted molar refractivity (Wildman–Crippen MR) is 92.5 cm³/mol. The summed E-state index contributed by atoms with van der Waals surface area (Å²) >= 11 is 0. The molecule has 1 fully saturated rings. The zero-order valence-corrected chi connectivity index (χ0v) is 13.7. The maximum absolute atomic E-state index is 12.1. The van der Waals surface area contributed by atoms with Crippen molar-refractivity contribution in [2.45, 2.75) is 32.7 Å². The number of amides is 1. The van der Waals surface area contributed by atoms with Crippen LogP contribution < -0.4 is 14.8 Å². The van der Waals surface area contributed by atoms with Gasteiger partial charge in [-0.1, -0.05) is 0 Å². The predicted octanol–water partition coefficient (Wildman–Crippen LogP) is 2.91. The molecule has 1 aromatic carbocycles. The number of aromatic nitrogens is 1. The zero-order chi connectivity index (χ0) is 16.1. The Balaban J connectivity index is 1.50. The highest BCUT2D eigenvalue weighted by Gasteiger charge is 2.12. The quantitative estimate of drug-likeness (QED) is 0.862. The lowest BCUT2D eigenvalue weighted by Gasteiger charge is -2.17. The first-order valence-corrected chi connectivity index (χ1v) is 8.31. The van der Waals surface area contributed by atoms with E-state index in [9.17, 15) is 4.79 Å². The van der Waals surface area contributed by atoms with Crippen molar-refractivity contribution in [2.24, 2.45) is 0 Å². The Morgan fingerprint density at radius 2 is 1.74 bits per heavy atom. The molecular formula is C19H24N3O+. The monoisotopic (exact) mass is 310 g/mol. The fraction of sp³-hybridized carbons (Fsp3) is 0.368. The molecule has 0 atom stereocenters. The van der Waals surface area contributed by atoms with Gasteiger partial charge in [-0.25, -0.2) is 4.57 Å². The lowest BCUT2D eigenvalue weighted by molar-refractivity contribution is -0.695. The largest absolute Gasteiger partial charge is 0.372 e. The molecular weight excluding hydrogens is 286 g/mol. The first-order chi connectivity index (χ1) is 11.2. The Labute approximate surface area is 137 Å². The van der Waals surface area contributed by atoms with Gasteiger partial charge in [0, 0.05) is 36.6 Å². The van der Waals surface area contributed by atoms with Gasteiger partial charge < -0.3 is 10.2 Å². The van der Waals surface area contributed by atoms with Crippen LogP contribution in [0.1, 0.15) is 24.8 Å². The van der Waals surface area contributed by atoms with Gasteiger partial charge in [0.1, 0.15) is 0 Å². The molecule has 1 aliphatic rings. The van der Waals surface area contributed by atoms with E-state index in [2.05, 4.69) is 41.4 Å². The zero-order valence-electron chi connectivity index (χ0n) is 13.7. The first kappa shape index (κ1) is 15.5. The molecule has 0 aliphatic carbocycles. The van der Waals surface area contributed by atoms with E-state index >= 15 is 0 Å². The molecule has 1 saturated heterocycles. The summed E-state index contributed by atoms with van der Waals surface area (Å²) in [4.78, 5) is 14.4. The van der Waals surface area contributed by atoms with E-state index < -0.39 is 0 Å². The Morgan fingerprint density at radius 1 is 1.09 bits per heavy atom. The van der Waals surface area contributed by atoms with Crippen molar-refractivity contribution in [1.29, 1.82) is 0 Å². The lowest BCUT2D eigenvalue weighted by Crippen LogP contribution is -2.34. The van der Waals surface area contributed by atoms with Crippen LogP contribution in [0.4, 0.5) is 11.4 Å². The lowest BCUT2D eigenvalue weighted by atomic mass is 10.2. The highest BCUT2D eigenvalue weighted by Crippen LogP contribution is 2.22. The summed E-state index contributed by atoms with van der Waals surface area (Å²) in [6.07, 6.45) is 7.03. The van der Waals surface area contributed by atoms with E-state index in [0.29, 0.717) is 13.0 Å². The smallest absolute Gasteiger partial charge is 0.230 e. The second kappa shape index (κ2) is 7.27. The molecule has 0 spiro atoms. The van der Waals surface area contributed by atoms with E-state index in [1.165, 1.54) is 24.1 Å². The molecule has 3 rings (SSSR count). The van der Waals surface area contributed by atoms with Gasteiger partial charge in [-0.3, -0.25) is 4.79 Å². The maximum Gasteiger partial charge on any atom is 0.230 e. The van der Waals surface area contributed by atoms with Crippen LogP contribution in [0.25, 0.3) is 0 Å². The van der Waals surface area contributed by atoms with Gasteiger partial charge in [-0.05, 0) is 49.6 Å². The molecule has 4 heteroatoms. The van der Waals surface area contributed by atoms with Crippen LogP contribution in [0, 0.1) is 6.92 Å². The van der Waals surface area contributed by atoms with E-state index in [1.807, 2.05) is 29.1 Å². The summed E-state index contributed by atoms with van der Waals surface area (Å²) in [5, 5.41) is 2.97. The fourth-order valence-electron chi connectivity index (χ4n) is 2.87. The number of carbonyl (C=O) groups excluding carboxylic acids is 1. The molecule has 1 aliphatic heterocycles. The molecule has 2 heterocycles. The average Bonchev–Trinajstić information content (AvgIpc) is 3.09. The molecule has 2 aromatic rings. The highest BCUT2D eigenvalue weighted by molar-refractivity contribution is 5.90. The van der Waals surface area contributed by atoms with Crippen molar-refractivity contribution >= 4 is 17.3 Å². The first-order valence-electron chi connectivity index (χ1n) is 8.31. The summed E-state index contributed by atoms with van der Waals surface area (Å²) < 4.78 is 2.03. The molecule has 0 saturated carbocycles. The minimum atomic E-state index is 0.0481.